The van der Waals surface area contributed by atoms with E-state index in [4.69, 9.17) is 9.97 Å². The number of para-hydroxylation sites is 2. The molecule has 9 rings (SSSR count). The van der Waals surface area contributed by atoms with E-state index in [0.29, 0.717) is 11.4 Å². The van der Waals surface area contributed by atoms with Crippen molar-refractivity contribution in [2.24, 2.45) is 0 Å². The molecular weight excluding hydrogens is 926 g/mol. The van der Waals surface area contributed by atoms with Crippen molar-refractivity contribution < 1.29 is 26.2 Å². The van der Waals surface area contributed by atoms with Gasteiger partial charge in [0.05, 0.1) is 16.6 Å². The van der Waals surface area contributed by atoms with E-state index in [1.807, 2.05) is 30.5 Å². The van der Waals surface area contributed by atoms with Gasteiger partial charge in [0.2, 0.25) is 0 Å². The molecule has 0 radical (unpaired) electrons. The topological polar surface area (TPSA) is 50.9 Å². The Morgan fingerprint density at radius 1 is 0.574 bits per heavy atom. The number of pyridine rings is 1. The Labute approximate surface area is 374 Å². The number of nitrogens with zero attached hydrogens (tertiary/aromatic N) is 3. The van der Waals surface area contributed by atoms with Gasteiger partial charge in [0.15, 0.2) is 0 Å². The number of hydrogen-bond acceptors (Lipinski definition) is 3. The normalized spacial score (nSPS) is 11.9. The largest absolute Gasteiger partial charge is 0.507 e. The molecule has 5 heteroatoms. The van der Waals surface area contributed by atoms with Gasteiger partial charge in [-0.1, -0.05) is 142 Å². The first-order valence-electron chi connectivity index (χ1n) is 20.8. The Hall–Kier alpha value is -6.09. The summed E-state index contributed by atoms with van der Waals surface area (Å²) in [4.78, 5) is 10.4. The van der Waals surface area contributed by atoms with E-state index in [9.17, 15) is 5.11 Å². The minimum Gasteiger partial charge on any atom is -0.507 e. The van der Waals surface area contributed by atoms with E-state index in [-0.39, 0.29) is 37.6 Å². The van der Waals surface area contributed by atoms with Crippen LogP contribution in [0.25, 0.3) is 72.4 Å². The maximum Gasteiger partial charge on any atom is 0.148 e. The fraction of sp³-hybridized carbons (Fsp3) is 0.179. The number of benzene rings is 7. The van der Waals surface area contributed by atoms with Crippen LogP contribution >= 0.6 is 0 Å². The molecule has 0 unspecified atom stereocenters. The molecule has 7 aromatic carbocycles. The van der Waals surface area contributed by atoms with Crippen molar-refractivity contribution in [2.75, 3.05) is 0 Å². The molecule has 0 aliphatic heterocycles. The molecule has 2 heterocycles. The fourth-order valence-corrected chi connectivity index (χ4v) is 8.95. The van der Waals surface area contributed by atoms with Gasteiger partial charge in [0.1, 0.15) is 11.6 Å². The first-order valence-corrected chi connectivity index (χ1v) is 20.8. The number of aromatic hydroxyl groups is 1. The molecule has 0 amide bonds. The van der Waals surface area contributed by atoms with Crippen LogP contribution in [0.15, 0.2) is 152 Å². The van der Waals surface area contributed by atoms with Crippen molar-refractivity contribution in [3.8, 4) is 56.2 Å². The van der Waals surface area contributed by atoms with Crippen molar-refractivity contribution >= 4 is 21.9 Å². The third kappa shape index (κ3) is 7.64. The smallest absolute Gasteiger partial charge is 0.148 e. The van der Waals surface area contributed by atoms with Crippen LogP contribution < -0.4 is 0 Å². The van der Waals surface area contributed by atoms with Crippen LogP contribution in [0.3, 0.4) is 0 Å². The van der Waals surface area contributed by atoms with Gasteiger partial charge >= 0.3 is 0 Å². The summed E-state index contributed by atoms with van der Waals surface area (Å²) in [5, 5.41) is 12.3. The van der Waals surface area contributed by atoms with Gasteiger partial charge in [-0.25, -0.2) is 4.98 Å². The summed E-state index contributed by atoms with van der Waals surface area (Å²) in [6, 6.07) is 55.1. The molecule has 306 valence electrons. The predicted molar refractivity (Wildman–Crippen MR) is 250 cm³/mol. The van der Waals surface area contributed by atoms with Crippen LogP contribution in [0.1, 0.15) is 68.0 Å². The van der Waals surface area contributed by atoms with Crippen LogP contribution in [0, 0.1) is 26.8 Å². The molecule has 0 fully saturated rings. The van der Waals surface area contributed by atoms with Crippen LogP contribution in [0.5, 0.6) is 5.75 Å². The SMILES string of the molecule is Cc1cc(C)c(-c2cc(-c3[c-]c(-c4cccc5c4nc(-c4ccccc4O)n5-c4ccc(C(C)(C)C)cc4)cc(C(C)(C)c4ccccc4)c3)c3ncccc3c2)c(C)c1.[Pt]. The second-order valence-electron chi connectivity index (χ2n) is 17.8. The van der Waals surface area contributed by atoms with Gasteiger partial charge in [-0.2, -0.15) is 0 Å². The third-order valence-corrected chi connectivity index (χ3v) is 12.2. The Morgan fingerprint density at radius 3 is 1.92 bits per heavy atom. The molecule has 0 aliphatic rings. The Kier molecular flexibility index (Phi) is 11.0. The Morgan fingerprint density at radius 2 is 1.23 bits per heavy atom. The van der Waals surface area contributed by atoms with Gasteiger partial charge in [-0.05, 0) is 107 Å². The predicted octanol–water partition coefficient (Wildman–Crippen LogP) is 14.3. The van der Waals surface area contributed by atoms with Crippen molar-refractivity contribution in [2.45, 2.75) is 66.2 Å². The van der Waals surface area contributed by atoms with Gasteiger partial charge < -0.3 is 5.11 Å². The van der Waals surface area contributed by atoms with Crippen LogP contribution in [-0.4, -0.2) is 19.6 Å². The van der Waals surface area contributed by atoms with E-state index in [1.165, 1.54) is 33.4 Å². The van der Waals surface area contributed by atoms with E-state index < -0.39 is 0 Å². The zero-order chi connectivity index (χ0) is 41.9. The Balaban J connectivity index is 0.00000514. The molecule has 1 N–H and O–H groups in total. The molecule has 0 aliphatic carbocycles. The minimum absolute atomic E-state index is 0. The Bertz CT molecular complexity index is 3060. The molecule has 0 bridgehead atoms. The fourth-order valence-electron chi connectivity index (χ4n) is 8.95. The molecule has 61 heavy (non-hydrogen) atoms. The number of rotatable bonds is 7. The standard InChI is InChI=1S/C56H50N3O.Pt/c1-35-28-36(2)51(37(3)29-35)41-30-38-16-15-27-57-52(38)48(34-41)40-31-39(32-44(33-40)56(7,8)43-17-10-9-11-18-43)46-20-14-21-49-53(46)58-54(47-19-12-13-22-50(47)60)59(49)45-25-23-42(24-26-45)55(4,5)6;/h9-30,32-34,60H,1-8H3;/q-1;. The van der Waals surface area contributed by atoms with Crippen LogP contribution in [0.4, 0.5) is 0 Å². The van der Waals surface area contributed by atoms with E-state index in [2.05, 4.69) is 181 Å². The van der Waals surface area contributed by atoms with Crippen molar-refractivity contribution in [3.05, 3.63) is 191 Å². The van der Waals surface area contributed by atoms with Gasteiger partial charge in [0, 0.05) is 43.9 Å². The molecule has 0 saturated carbocycles. The van der Waals surface area contributed by atoms with E-state index in [1.54, 1.807) is 6.07 Å². The summed E-state index contributed by atoms with van der Waals surface area (Å²) < 4.78 is 2.17. The van der Waals surface area contributed by atoms with Gasteiger partial charge in [0.25, 0.3) is 0 Å². The minimum atomic E-state index is -0.353. The first-order chi connectivity index (χ1) is 28.8. The van der Waals surface area contributed by atoms with Crippen LogP contribution in [-0.2, 0) is 31.9 Å². The van der Waals surface area contributed by atoms with Crippen LogP contribution in [0.2, 0.25) is 0 Å². The quantitative estimate of drug-likeness (QED) is 0.162. The zero-order valence-corrected chi connectivity index (χ0v) is 38.3. The summed E-state index contributed by atoms with van der Waals surface area (Å²) in [7, 11) is 0. The summed E-state index contributed by atoms with van der Waals surface area (Å²) in [6.45, 7) is 17.8. The maximum absolute atomic E-state index is 11.3. The molecule has 0 saturated heterocycles. The average Bonchev–Trinajstić information content (AvgIpc) is 3.63. The number of aryl methyl sites for hydroxylation is 3. The van der Waals surface area contributed by atoms with Crippen molar-refractivity contribution in [1.82, 2.24) is 14.5 Å². The second kappa shape index (κ2) is 16.1. The summed E-state index contributed by atoms with van der Waals surface area (Å²) in [5.74, 6) is 0.854. The van der Waals surface area contributed by atoms with E-state index in [0.717, 1.165) is 61.0 Å². The van der Waals surface area contributed by atoms with Crippen molar-refractivity contribution in [1.29, 1.82) is 0 Å². The zero-order valence-electron chi connectivity index (χ0n) is 36.0. The monoisotopic (exact) mass is 975 g/mol. The molecule has 0 spiro atoms. The third-order valence-electron chi connectivity index (χ3n) is 12.2. The average molecular weight is 976 g/mol. The number of phenolic OH excluding ortho intramolecular Hbond substituents is 1. The number of fused-ring (bicyclic) bond motifs is 2. The van der Waals surface area contributed by atoms with Gasteiger partial charge in [-0.3, -0.25) is 9.55 Å². The molecule has 4 nitrogen and oxygen atoms in total. The van der Waals surface area contributed by atoms with Crippen molar-refractivity contribution in [3.63, 3.8) is 0 Å². The maximum atomic E-state index is 11.3. The van der Waals surface area contributed by atoms with Gasteiger partial charge in [-0.15, -0.1) is 34.9 Å². The first kappa shape index (κ1) is 41.6. The number of aromatic nitrogens is 3. The molecule has 0 atom stereocenters. The molecule has 9 aromatic rings. The van der Waals surface area contributed by atoms with E-state index >= 15 is 0 Å². The second-order valence-corrected chi connectivity index (χ2v) is 17.8. The molecule has 2 aromatic heterocycles. The number of phenols is 1. The summed E-state index contributed by atoms with van der Waals surface area (Å²) in [6.07, 6.45) is 1.88. The number of hydrogen-bond donors (Lipinski definition) is 1. The molecular formula is C56H50N3OPt-. The summed E-state index contributed by atoms with van der Waals surface area (Å²) in [5.41, 5.74) is 17.7. The summed E-state index contributed by atoms with van der Waals surface area (Å²) >= 11 is 0. The number of imidazole rings is 1.